The molecule has 0 bridgehead atoms. The van der Waals surface area contributed by atoms with Crippen LogP contribution in [0.3, 0.4) is 0 Å². The van der Waals surface area contributed by atoms with Crippen molar-refractivity contribution in [2.24, 2.45) is 0 Å². The number of para-hydroxylation sites is 1. The summed E-state index contributed by atoms with van der Waals surface area (Å²) in [4.78, 5) is 21.9. The number of aromatic nitrogens is 1. The van der Waals surface area contributed by atoms with Crippen LogP contribution in [-0.4, -0.2) is 22.6 Å². The number of carbonyl (C=O) groups is 1. The van der Waals surface area contributed by atoms with Crippen molar-refractivity contribution in [1.29, 1.82) is 0 Å². The molecular formula is C23H21N3O3. The molecule has 0 saturated carbocycles. The second-order valence-electron chi connectivity index (χ2n) is 6.13. The Morgan fingerprint density at radius 3 is 2.69 bits per heavy atom. The smallest absolute Gasteiger partial charge is 0.276 e. The van der Waals surface area contributed by atoms with Crippen LogP contribution in [0.1, 0.15) is 27.0 Å². The molecule has 0 aliphatic rings. The molecule has 146 valence electrons. The van der Waals surface area contributed by atoms with Gasteiger partial charge < -0.3 is 10.4 Å². The molecule has 0 spiro atoms. The summed E-state index contributed by atoms with van der Waals surface area (Å²) in [6, 6.07) is 18.5. The van der Waals surface area contributed by atoms with Crippen molar-refractivity contribution in [3.8, 4) is 11.8 Å². The zero-order valence-electron chi connectivity index (χ0n) is 15.8. The van der Waals surface area contributed by atoms with Crippen molar-refractivity contribution in [2.75, 3.05) is 11.9 Å². The molecule has 1 amide bonds. The van der Waals surface area contributed by atoms with E-state index in [2.05, 4.69) is 27.6 Å². The zero-order valence-corrected chi connectivity index (χ0v) is 15.8. The van der Waals surface area contributed by atoms with Crippen LogP contribution in [0, 0.1) is 11.8 Å². The summed E-state index contributed by atoms with van der Waals surface area (Å²) in [6.07, 6.45) is 3.46. The molecule has 3 aromatic rings. The van der Waals surface area contributed by atoms with Gasteiger partial charge in [0.25, 0.3) is 5.91 Å². The Kier molecular flexibility index (Phi) is 7.35. The Morgan fingerprint density at radius 2 is 1.86 bits per heavy atom. The van der Waals surface area contributed by atoms with Crippen LogP contribution in [0.25, 0.3) is 0 Å². The van der Waals surface area contributed by atoms with Gasteiger partial charge in [0, 0.05) is 30.2 Å². The van der Waals surface area contributed by atoms with E-state index < -0.39 is 0 Å². The molecule has 0 fully saturated rings. The number of hydrogen-bond acceptors (Lipinski definition) is 5. The number of rotatable bonds is 7. The van der Waals surface area contributed by atoms with Gasteiger partial charge in [0.05, 0.1) is 12.2 Å². The molecule has 1 heterocycles. The quantitative estimate of drug-likeness (QED) is 0.429. The van der Waals surface area contributed by atoms with E-state index in [1.807, 2.05) is 48.5 Å². The van der Waals surface area contributed by atoms with Gasteiger partial charge in [-0.05, 0) is 47.5 Å². The maximum Gasteiger partial charge on any atom is 0.276 e. The number of aliphatic hydroxyl groups excluding tert-OH is 1. The molecule has 2 aromatic carbocycles. The van der Waals surface area contributed by atoms with Crippen LogP contribution in [-0.2, 0) is 18.0 Å². The number of nitrogens with one attached hydrogen (secondary N) is 2. The van der Waals surface area contributed by atoms with Crippen LogP contribution in [0.2, 0.25) is 0 Å². The summed E-state index contributed by atoms with van der Waals surface area (Å²) < 4.78 is 0. The minimum absolute atomic E-state index is 0.189. The van der Waals surface area contributed by atoms with Crippen molar-refractivity contribution in [3.05, 3.63) is 95.3 Å². The minimum atomic E-state index is -0.334. The van der Waals surface area contributed by atoms with Crippen LogP contribution < -0.4 is 10.8 Å². The number of hydroxylamine groups is 1. The lowest BCUT2D eigenvalue weighted by molar-refractivity contribution is 0.0234. The zero-order chi connectivity index (χ0) is 20.3. The average Bonchev–Trinajstić information content (AvgIpc) is 2.77. The predicted octanol–water partition coefficient (Wildman–Crippen LogP) is 2.90. The van der Waals surface area contributed by atoms with E-state index in [-0.39, 0.29) is 19.1 Å². The molecule has 0 radical (unpaired) electrons. The molecule has 6 heteroatoms. The molecule has 0 saturated heterocycles. The largest absolute Gasteiger partial charge is 0.384 e. The first-order chi connectivity index (χ1) is 14.3. The third-order valence-electron chi connectivity index (χ3n) is 4.05. The SMILES string of the molecule is O=C(NOCc1cccc(C#CCO)c1)c1ccccc1NCc1ccncc1. The van der Waals surface area contributed by atoms with Gasteiger partial charge in [0.15, 0.2) is 0 Å². The van der Waals surface area contributed by atoms with Gasteiger partial charge in [-0.2, -0.15) is 0 Å². The van der Waals surface area contributed by atoms with E-state index in [0.29, 0.717) is 17.8 Å². The Hall–Kier alpha value is -3.66. The number of nitrogens with zero attached hydrogens (tertiary/aromatic N) is 1. The number of carbonyl (C=O) groups excluding carboxylic acids is 1. The molecule has 3 N–H and O–H groups in total. The highest BCUT2D eigenvalue weighted by Crippen LogP contribution is 2.16. The second kappa shape index (κ2) is 10.6. The molecular weight excluding hydrogens is 366 g/mol. The summed E-state index contributed by atoms with van der Waals surface area (Å²) in [6.45, 7) is 0.591. The Labute approximate surface area is 169 Å². The van der Waals surface area contributed by atoms with E-state index in [1.54, 1.807) is 24.5 Å². The minimum Gasteiger partial charge on any atom is -0.384 e. The monoisotopic (exact) mass is 387 g/mol. The van der Waals surface area contributed by atoms with Gasteiger partial charge in [0.2, 0.25) is 0 Å². The van der Waals surface area contributed by atoms with Crippen molar-refractivity contribution in [2.45, 2.75) is 13.2 Å². The van der Waals surface area contributed by atoms with Crippen molar-refractivity contribution < 1.29 is 14.7 Å². The lowest BCUT2D eigenvalue weighted by atomic mass is 10.1. The van der Waals surface area contributed by atoms with Crippen molar-refractivity contribution in [3.63, 3.8) is 0 Å². The Balaban J connectivity index is 1.57. The molecule has 0 aliphatic heterocycles. The highest BCUT2D eigenvalue weighted by atomic mass is 16.6. The predicted molar refractivity (Wildman–Crippen MR) is 111 cm³/mol. The summed E-state index contributed by atoms with van der Waals surface area (Å²) in [5.41, 5.74) is 6.39. The van der Waals surface area contributed by atoms with Crippen molar-refractivity contribution >= 4 is 11.6 Å². The number of pyridine rings is 1. The lowest BCUT2D eigenvalue weighted by Gasteiger charge is -2.12. The molecule has 1 aromatic heterocycles. The number of benzene rings is 2. The van der Waals surface area contributed by atoms with Gasteiger partial charge >= 0.3 is 0 Å². The standard InChI is InChI=1S/C23H21N3O3/c27-14-4-7-18-5-3-6-20(15-18)17-29-26-23(28)21-8-1-2-9-22(21)25-16-19-10-12-24-13-11-19/h1-3,5-6,8-13,15,25,27H,14,16-17H2,(H,26,28). The molecule has 6 nitrogen and oxygen atoms in total. The van der Waals surface area contributed by atoms with Crippen molar-refractivity contribution in [1.82, 2.24) is 10.5 Å². The number of anilines is 1. The highest BCUT2D eigenvalue weighted by molar-refractivity contribution is 5.98. The number of aliphatic hydroxyl groups is 1. The summed E-state index contributed by atoms with van der Waals surface area (Å²) in [7, 11) is 0. The second-order valence-corrected chi connectivity index (χ2v) is 6.13. The first-order valence-electron chi connectivity index (χ1n) is 9.09. The molecule has 29 heavy (non-hydrogen) atoms. The number of hydrogen-bond donors (Lipinski definition) is 3. The summed E-state index contributed by atoms with van der Waals surface area (Å²) in [5, 5.41) is 12.0. The maximum atomic E-state index is 12.5. The lowest BCUT2D eigenvalue weighted by Crippen LogP contribution is -2.24. The van der Waals surface area contributed by atoms with E-state index in [9.17, 15) is 4.79 Å². The normalized spacial score (nSPS) is 9.97. The van der Waals surface area contributed by atoms with E-state index in [1.165, 1.54) is 0 Å². The van der Waals surface area contributed by atoms with E-state index in [4.69, 9.17) is 9.94 Å². The van der Waals surface area contributed by atoms with Gasteiger partial charge in [-0.1, -0.05) is 36.1 Å². The molecule has 0 atom stereocenters. The first-order valence-corrected chi connectivity index (χ1v) is 9.09. The Bertz CT molecular complexity index is 1010. The summed E-state index contributed by atoms with van der Waals surface area (Å²) in [5.74, 6) is 5.11. The maximum absolute atomic E-state index is 12.5. The third kappa shape index (κ3) is 6.18. The van der Waals surface area contributed by atoms with E-state index in [0.717, 1.165) is 16.7 Å². The van der Waals surface area contributed by atoms with Gasteiger partial charge in [-0.3, -0.25) is 14.6 Å². The van der Waals surface area contributed by atoms with Crippen LogP contribution >= 0.6 is 0 Å². The Morgan fingerprint density at radius 1 is 1.03 bits per heavy atom. The van der Waals surface area contributed by atoms with Gasteiger partial charge in [-0.15, -0.1) is 0 Å². The van der Waals surface area contributed by atoms with E-state index >= 15 is 0 Å². The molecule has 3 rings (SSSR count). The highest BCUT2D eigenvalue weighted by Gasteiger charge is 2.11. The first kappa shape index (κ1) is 20.1. The van der Waals surface area contributed by atoms with Crippen LogP contribution in [0.4, 0.5) is 5.69 Å². The summed E-state index contributed by atoms with van der Waals surface area (Å²) >= 11 is 0. The number of amides is 1. The average molecular weight is 387 g/mol. The molecule has 0 aliphatic carbocycles. The van der Waals surface area contributed by atoms with Crippen LogP contribution in [0.15, 0.2) is 73.1 Å². The molecule has 0 unspecified atom stereocenters. The fraction of sp³-hybridized carbons (Fsp3) is 0.130. The van der Waals surface area contributed by atoms with Crippen LogP contribution in [0.5, 0.6) is 0 Å². The topological polar surface area (TPSA) is 83.5 Å². The third-order valence-corrected chi connectivity index (χ3v) is 4.05. The fourth-order valence-corrected chi connectivity index (χ4v) is 2.65. The van der Waals surface area contributed by atoms with Gasteiger partial charge in [0.1, 0.15) is 6.61 Å². The van der Waals surface area contributed by atoms with Gasteiger partial charge in [-0.25, -0.2) is 5.48 Å². The fourth-order valence-electron chi connectivity index (χ4n) is 2.65.